The second-order valence-electron chi connectivity index (χ2n) is 3.38. The lowest BCUT2D eigenvalue weighted by Gasteiger charge is -2.11. The molecule has 0 aliphatic rings. The van der Waals surface area contributed by atoms with Crippen molar-refractivity contribution in [3.05, 3.63) is 56.7 Å². The normalized spacial score (nSPS) is 12.7. The number of halogens is 2. The predicted octanol–water partition coefficient (Wildman–Crippen LogP) is 5.04. The first-order valence-corrected chi connectivity index (χ1v) is 6.31. The molecule has 0 bridgehead atoms. The second-order valence-corrected chi connectivity index (χ2v) is 5.23. The smallest absolute Gasteiger partial charge is 0.0930 e. The highest BCUT2D eigenvalue weighted by Crippen LogP contribution is 2.34. The highest BCUT2D eigenvalue weighted by Gasteiger charge is 2.13. The Morgan fingerprint density at radius 3 is 2.67 bits per heavy atom. The third-order valence-electron chi connectivity index (χ3n) is 2.30. The van der Waals surface area contributed by atoms with Crippen LogP contribution >= 0.6 is 34.5 Å². The highest BCUT2D eigenvalue weighted by molar-refractivity contribution is 7.10. The predicted molar refractivity (Wildman–Crippen MR) is 68.2 cm³/mol. The van der Waals surface area contributed by atoms with Gasteiger partial charge in [-0.05, 0) is 41.6 Å². The Kier molecular flexibility index (Phi) is 3.35. The molecule has 1 aromatic heterocycles. The summed E-state index contributed by atoms with van der Waals surface area (Å²) in [5, 5.41) is 2.73. The van der Waals surface area contributed by atoms with Crippen LogP contribution in [0, 0.1) is 6.92 Å². The summed E-state index contributed by atoms with van der Waals surface area (Å²) in [5.41, 5.74) is 2.26. The molecule has 1 unspecified atom stereocenters. The lowest BCUT2D eigenvalue weighted by atomic mass is 10.0. The fraction of sp³-hybridized carbons (Fsp3) is 0.167. The summed E-state index contributed by atoms with van der Waals surface area (Å²) in [6, 6.07) is 9.89. The van der Waals surface area contributed by atoms with Crippen molar-refractivity contribution in [3.8, 4) is 0 Å². The largest absolute Gasteiger partial charge is 0.147 e. The van der Waals surface area contributed by atoms with E-state index >= 15 is 0 Å². The summed E-state index contributed by atoms with van der Waals surface area (Å²) in [7, 11) is 0. The molecular formula is C12H10Cl2S. The Morgan fingerprint density at radius 1 is 1.27 bits per heavy atom. The van der Waals surface area contributed by atoms with Gasteiger partial charge in [-0.1, -0.05) is 23.7 Å². The lowest BCUT2D eigenvalue weighted by molar-refractivity contribution is 1.15. The van der Waals surface area contributed by atoms with Crippen LogP contribution in [0.5, 0.6) is 0 Å². The van der Waals surface area contributed by atoms with Crippen molar-refractivity contribution in [2.24, 2.45) is 0 Å². The molecule has 0 nitrogen and oxygen atoms in total. The molecule has 3 heteroatoms. The number of hydrogen-bond acceptors (Lipinski definition) is 1. The van der Waals surface area contributed by atoms with Gasteiger partial charge in [0.25, 0.3) is 0 Å². The molecule has 1 atom stereocenters. The lowest BCUT2D eigenvalue weighted by Crippen LogP contribution is -1.93. The average molecular weight is 257 g/mol. The van der Waals surface area contributed by atoms with Crippen LogP contribution in [0.2, 0.25) is 5.02 Å². The van der Waals surface area contributed by atoms with Crippen molar-refractivity contribution in [2.75, 3.05) is 0 Å². The number of hydrogen-bond donors (Lipinski definition) is 0. The van der Waals surface area contributed by atoms with Gasteiger partial charge in [0.2, 0.25) is 0 Å². The molecule has 0 radical (unpaired) electrons. The fourth-order valence-electron chi connectivity index (χ4n) is 1.51. The maximum absolute atomic E-state index is 6.40. The third kappa shape index (κ3) is 2.36. The Balaban J connectivity index is 2.38. The van der Waals surface area contributed by atoms with E-state index in [0.717, 1.165) is 16.1 Å². The van der Waals surface area contributed by atoms with E-state index in [0.29, 0.717) is 0 Å². The summed E-state index contributed by atoms with van der Waals surface area (Å²) in [5.74, 6) is 0. The molecule has 78 valence electrons. The third-order valence-corrected chi connectivity index (χ3v) is 4.07. The van der Waals surface area contributed by atoms with Gasteiger partial charge in [-0.3, -0.25) is 0 Å². The Morgan fingerprint density at radius 2 is 2.07 bits per heavy atom. The van der Waals surface area contributed by atoms with Gasteiger partial charge in [0.05, 0.1) is 5.38 Å². The second kappa shape index (κ2) is 4.56. The van der Waals surface area contributed by atoms with E-state index in [1.807, 2.05) is 36.6 Å². The zero-order chi connectivity index (χ0) is 10.8. The van der Waals surface area contributed by atoms with E-state index in [1.165, 1.54) is 4.88 Å². The van der Waals surface area contributed by atoms with Crippen LogP contribution in [0.4, 0.5) is 0 Å². The number of thiophene rings is 1. The highest BCUT2D eigenvalue weighted by atomic mass is 35.5. The van der Waals surface area contributed by atoms with Crippen molar-refractivity contribution in [2.45, 2.75) is 12.3 Å². The molecule has 2 aromatic rings. The van der Waals surface area contributed by atoms with Gasteiger partial charge in [0.1, 0.15) is 0 Å². The molecule has 0 aliphatic carbocycles. The monoisotopic (exact) mass is 256 g/mol. The van der Waals surface area contributed by atoms with Crippen LogP contribution in [-0.2, 0) is 0 Å². The SMILES string of the molecule is Cc1cc(Cl)ccc1C(Cl)c1cccs1. The van der Waals surface area contributed by atoms with Gasteiger partial charge < -0.3 is 0 Å². The molecule has 0 aliphatic heterocycles. The van der Waals surface area contributed by atoms with Gasteiger partial charge in [0.15, 0.2) is 0 Å². The molecule has 0 saturated heterocycles. The van der Waals surface area contributed by atoms with Gasteiger partial charge in [0, 0.05) is 9.90 Å². The minimum Gasteiger partial charge on any atom is -0.147 e. The van der Waals surface area contributed by atoms with Crippen LogP contribution in [0.1, 0.15) is 21.4 Å². The van der Waals surface area contributed by atoms with Crippen molar-refractivity contribution in [1.29, 1.82) is 0 Å². The van der Waals surface area contributed by atoms with E-state index in [1.54, 1.807) is 11.3 Å². The molecule has 0 fully saturated rings. The molecule has 0 spiro atoms. The van der Waals surface area contributed by atoms with Crippen molar-refractivity contribution in [3.63, 3.8) is 0 Å². The van der Waals surface area contributed by atoms with Crippen LogP contribution in [0.3, 0.4) is 0 Å². The van der Waals surface area contributed by atoms with E-state index < -0.39 is 0 Å². The first-order valence-electron chi connectivity index (χ1n) is 4.62. The maximum atomic E-state index is 6.40. The minimum absolute atomic E-state index is 0.0673. The molecular weight excluding hydrogens is 247 g/mol. The summed E-state index contributed by atoms with van der Waals surface area (Å²) in [6.07, 6.45) is 0. The van der Waals surface area contributed by atoms with Crippen LogP contribution < -0.4 is 0 Å². The van der Waals surface area contributed by atoms with E-state index in [4.69, 9.17) is 23.2 Å². The van der Waals surface area contributed by atoms with Crippen LogP contribution in [0.25, 0.3) is 0 Å². The summed E-state index contributed by atoms with van der Waals surface area (Å²) < 4.78 is 0. The Labute approximate surface area is 103 Å². The molecule has 15 heavy (non-hydrogen) atoms. The van der Waals surface area contributed by atoms with E-state index in [9.17, 15) is 0 Å². The van der Waals surface area contributed by atoms with Gasteiger partial charge in [-0.25, -0.2) is 0 Å². The minimum atomic E-state index is -0.0673. The van der Waals surface area contributed by atoms with Crippen molar-refractivity contribution < 1.29 is 0 Å². The maximum Gasteiger partial charge on any atom is 0.0930 e. The fourth-order valence-corrected chi connectivity index (χ4v) is 2.93. The first-order chi connectivity index (χ1) is 7.18. The number of rotatable bonds is 2. The molecule has 0 amide bonds. The van der Waals surface area contributed by atoms with Crippen LogP contribution in [-0.4, -0.2) is 0 Å². The molecule has 0 N–H and O–H groups in total. The summed E-state index contributed by atoms with van der Waals surface area (Å²) in [4.78, 5) is 1.17. The van der Waals surface area contributed by atoms with Crippen molar-refractivity contribution >= 4 is 34.5 Å². The zero-order valence-electron chi connectivity index (χ0n) is 8.21. The first kappa shape index (κ1) is 11.0. The average Bonchev–Trinajstić information content (AvgIpc) is 2.69. The molecule has 2 rings (SSSR count). The Bertz CT molecular complexity index is 449. The number of benzene rings is 1. The van der Waals surface area contributed by atoms with Gasteiger partial charge in [-0.2, -0.15) is 0 Å². The van der Waals surface area contributed by atoms with E-state index in [2.05, 4.69) is 6.07 Å². The van der Waals surface area contributed by atoms with Gasteiger partial charge >= 0.3 is 0 Å². The number of alkyl halides is 1. The molecule has 1 aromatic carbocycles. The zero-order valence-corrected chi connectivity index (χ0v) is 10.5. The molecule has 1 heterocycles. The summed E-state index contributed by atoms with van der Waals surface area (Å²) >= 11 is 14.0. The van der Waals surface area contributed by atoms with Crippen molar-refractivity contribution in [1.82, 2.24) is 0 Å². The molecule has 0 saturated carbocycles. The topological polar surface area (TPSA) is 0 Å². The standard InChI is InChI=1S/C12H10Cl2S/c1-8-7-9(13)4-5-10(8)12(14)11-3-2-6-15-11/h2-7,12H,1H3. The summed E-state index contributed by atoms with van der Waals surface area (Å²) in [6.45, 7) is 2.03. The van der Waals surface area contributed by atoms with E-state index in [-0.39, 0.29) is 5.38 Å². The quantitative estimate of drug-likeness (QED) is 0.661. The van der Waals surface area contributed by atoms with Crippen LogP contribution in [0.15, 0.2) is 35.7 Å². The Hall–Kier alpha value is -0.500. The number of aryl methyl sites for hydroxylation is 1. The van der Waals surface area contributed by atoms with Gasteiger partial charge in [-0.15, -0.1) is 22.9 Å².